The highest BCUT2D eigenvalue weighted by Gasteiger charge is 2.30. The van der Waals surface area contributed by atoms with Crippen molar-refractivity contribution in [1.82, 2.24) is 5.16 Å². The normalized spacial score (nSPS) is 17.2. The summed E-state index contributed by atoms with van der Waals surface area (Å²) in [5.74, 6) is 0.986. The maximum Gasteiger partial charge on any atom is 0.260 e. The number of hydrogen-bond acceptors (Lipinski definition) is 5. The molecule has 0 bridgehead atoms. The van der Waals surface area contributed by atoms with Gasteiger partial charge >= 0.3 is 0 Å². The molecule has 0 spiro atoms. The van der Waals surface area contributed by atoms with Gasteiger partial charge in [-0.15, -0.1) is 0 Å². The second kappa shape index (κ2) is 5.12. The minimum absolute atomic E-state index is 0.413. The molecule has 1 unspecified atom stereocenters. The van der Waals surface area contributed by atoms with E-state index in [0.29, 0.717) is 18.8 Å². The van der Waals surface area contributed by atoms with Crippen molar-refractivity contribution >= 4 is 11.6 Å². The van der Waals surface area contributed by atoms with Crippen molar-refractivity contribution in [3.8, 4) is 5.75 Å². The molecular weight excluding hydrogens is 270 g/mol. The Morgan fingerprint density at radius 1 is 1.43 bits per heavy atom. The number of ether oxygens (including phenoxy) is 1. The van der Waals surface area contributed by atoms with Gasteiger partial charge in [0, 0.05) is 12.1 Å². The molecule has 2 heterocycles. The summed E-state index contributed by atoms with van der Waals surface area (Å²) in [6.07, 6.45) is -0.652. The summed E-state index contributed by atoms with van der Waals surface area (Å²) in [5.41, 5.74) is 8.21. The van der Waals surface area contributed by atoms with E-state index in [0.717, 1.165) is 22.7 Å². The van der Waals surface area contributed by atoms with Gasteiger partial charge < -0.3 is 19.9 Å². The third-order valence-electron chi connectivity index (χ3n) is 3.71. The largest absolute Gasteiger partial charge is 0.477 e. The van der Waals surface area contributed by atoms with Crippen molar-refractivity contribution in [2.24, 2.45) is 5.73 Å². The van der Waals surface area contributed by atoms with Crippen molar-refractivity contribution in [3.05, 3.63) is 41.3 Å². The molecule has 0 aliphatic carbocycles. The van der Waals surface area contributed by atoms with Crippen molar-refractivity contribution in [1.29, 1.82) is 0 Å². The molecule has 1 aromatic carbocycles. The number of benzene rings is 1. The number of carbonyl (C=O) groups is 1. The Balaban J connectivity index is 1.95. The van der Waals surface area contributed by atoms with Crippen LogP contribution < -0.4 is 15.4 Å². The first-order valence-corrected chi connectivity index (χ1v) is 6.78. The van der Waals surface area contributed by atoms with Crippen LogP contribution in [0, 0.1) is 13.8 Å². The van der Waals surface area contributed by atoms with Crippen LogP contribution in [0.3, 0.4) is 0 Å². The molecule has 0 radical (unpaired) electrons. The summed E-state index contributed by atoms with van der Waals surface area (Å²) in [6, 6.07) is 7.61. The number of nitrogens with two attached hydrogens (primary N) is 1. The molecule has 2 N–H and O–H groups in total. The van der Waals surface area contributed by atoms with Crippen LogP contribution in [0.15, 0.2) is 28.8 Å². The van der Waals surface area contributed by atoms with Crippen LogP contribution in [-0.2, 0) is 11.3 Å². The lowest BCUT2D eigenvalue weighted by molar-refractivity contribution is -0.124. The number of nitrogens with zero attached hydrogens (tertiary/aromatic N) is 2. The first-order valence-electron chi connectivity index (χ1n) is 6.78. The summed E-state index contributed by atoms with van der Waals surface area (Å²) in [6.45, 7) is 4.80. The molecule has 1 atom stereocenters. The number of aryl methyl sites for hydroxylation is 2. The summed E-state index contributed by atoms with van der Waals surface area (Å²) in [5, 5.41) is 3.97. The van der Waals surface area contributed by atoms with E-state index < -0.39 is 12.0 Å². The van der Waals surface area contributed by atoms with Gasteiger partial charge in [-0.2, -0.15) is 0 Å². The Morgan fingerprint density at radius 3 is 2.86 bits per heavy atom. The van der Waals surface area contributed by atoms with Crippen LogP contribution in [0.5, 0.6) is 5.75 Å². The van der Waals surface area contributed by atoms with Gasteiger partial charge in [-0.25, -0.2) is 0 Å². The quantitative estimate of drug-likeness (QED) is 0.926. The molecule has 0 fully saturated rings. The van der Waals surface area contributed by atoms with E-state index >= 15 is 0 Å². The monoisotopic (exact) mass is 287 g/mol. The molecule has 1 amide bonds. The fourth-order valence-electron chi connectivity index (χ4n) is 2.52. The second-order valence-corrected chi connectivity index (χ2v) is 5.16. The molecule has 1 aliphatic heterocycles. The standard InChI is InChI=1S/C15H17N3O3/c1-9-11(10(2)21-17-9)7-18-8-14(15(16)19)20-13-6-4-3-5-12(13)18/h3-6,14H,7-8H2,1-2H3,(H2,16,19). The summed E-state index contributed by atoms with van der Waals surface area (Å²) in [7, 11) is 0. The lowest BCUT2D eigenvalue weighted by Crippen LogP contribution is -2.47. The van der Waals surface area contributed by atoms with Crippen LogP contribution in [-0.4, -0.2) is 23.7 Å². The zero-order valence-corrected chi connectivity index (χ0v) is 12.0. The highest BCUT2D eigenvalue weighted by molar-refractivity contribution is 5.81. The van der Waals surface area contributed by atoms with Gasteiger partial charge in [0.05, 0.1) is 17.9 Å². The van der Waals surface area contributed by atoms with E-state index in [1.165, 1.54) is 0 Å². The number of primary amides is 1. The summed E-state index contributed by atoms with van der Waals surface area (Å²) >= 11 is 0. The number of fused-ring (bicyclic) bond motifs is 1. The molecule has 0 saturated heterocycles. The van der Waals surface area contributed by atoms with Gasteiger partial charge in [0.2, 0.25) is 0 Å². The van der Waals surface area contributed by atoms with Gasteiger partial charge in [0.25, 0.3) is 5.91 Å². The lowest BCUT2D eigenvalue weighted by Gasteiger charge is -2.34. The average molecular weight is 287 g/mol. The molecule has 6 nitrogen and oxygen atoms in total. The van der Waals surface area contributed by atoms with Crippen molar-refractivity contribution < 1.29 is 14.1 Å². The molecule has 21 heavy (non-hydrogen) atoms. The van der Waals surface area contributed by atoms with E-state index in [-0.39, 0.29) is 0 Å². The Kier molecular flexibility index (Phi) is 3.29. The van der Waals surface area contributed by atoms with E-state index in [9.17, 15) is 4.79 Å². The van der Waals surface area contributed by atoms with Crippen LogP contribution in [0.4, 0.5) is 5.69 Å². The average Bonchev–Trinajstić information content (AvgIpc) is 2.79. The highest BCUT2D eigenvalue weighted by atomic mass is 16.5. The maximum atomic E-state index is 11.5. The first kappa shape index (κ1) is 13.5. The molecular formula is C15H17N3O3. The third-order valence-corrected chi connectivity index (χ3v) is 3.71. The van der Waals surface area contributed by atoms with Gasteiger partial charge in [0.1, 0.15) is 11.5 Å². The number of amides is 1. The number of anilines is 1. The van der Waals surface area contributed by atoms with Crippen molar-refractivity contribution in [3.63, 3.8) is 0 Å². The van der Waals surface area contributed by atoms with Gasteiger partial charge in [-0.1, -0.05) is 17.3 Å². The number of carbonyl (C=O) groups excluding carboxylic acids is 1. The molecule has 0 saturated carbocycles. The van der Waals surface area contributed by atoms with Crippen LogP contribution >= 0.6 is 0 Å². The van der Waals surface area contributed by atoms with E-state index in [1.807, 2.05) is 38.1 Å². The Hall–Kier alpha value is -2.50. The smallest absolute Gasteiger partial charge is 0.260 e. The Bertz CT molecular complexity index is 661. The van der Waals surface area contributed by atoms with Gasteiger partial charge in [-0.05, 0) is 26.0 Å². The van der Waals surface area contributed by atoms with Crippen LogP contribution in [0.25, 0.3) is 0 Å². The maximum absolute atomic E-state index is 11.5. The molecule has 1 aliphatic rings. The minimum Gasteiger partial charge on any atom is -0.477 e. The predicted octanol–water partition coefficient (Wildman–Crippen LogP) is 1.54. The lowest BCUT2D eigenvalue weighted by atomic mass is 10.1. The SMILES string of the molecule is Cc1noc(C)c1CN1CC(C(N)=O)Oc2ccccc21. The summed E-state index contributed by atoms with van der Waals surface area (Å²) in [4.78, 5) is 13.6. The zero-order chi connectivity index (χ0) is 15.0. The molecule has 6 heteroatoms. The van der Waals surface area contributed by atoms with Gasteiger partial charge in [0.15, 0.2) is 6.10 Å². The molecule has 1 aromatic heterocycles. The third kappa shape index (κ3) is 2.44. The van der Waals surface area contributed by atoms with E-state index in [2.05, 4.69) is 10.1 Å². The first-order chi connectivity index (χ1) is 10.1. The molecule has 110 valence electrons. The van der Waals surface area contributed by atoms with Crippen LogP contribution in [0.1, 0.15) is 17.0 Å². The summed E-state index contributed by atoms with van der Waals surface area (Å²) < 4.78 is 10.8. The van der Waals surface area contributed by atoms with E-state index in [4.69, 9.17) is 15.0 Å². The second-order valence-electron chi connectivity index (χ2n) is 5.16. The topological polar surface area (TPSA) is 81.6 Å². The Morgan fingerprint density at radius 2 is 2.19 bits per heavy atom. The Labute approximate surface area is 122 Å². The minimum atomic E-state index is -0.652. The fourth-order valence-corrected chi connectivity index (χ4v) is 2.52. The molecule has 3 rings (SSSR count). The number of rotatable bonds is 3. The fraction of sp³-hybridized carbons (Fsp3) is 0.333. The zero-order valence-electron chi connectivity index (χ0n) is 12.0. The molecule has 2 aromatic rings. The van der Waals surface area contributed by atoms with E-state index in [1.54, 1.807) is 0 Å². The predicted molar refractivity (Wildman–Crippen MR) is 77.1 cm³/mol. The number of para-hydroxylation sites is 2. The number of aromatic nitrogens is 1. The number of hydrogen-bond donors (Lipinski definition) is 1. The van der Waals surface area contributed by atoms with Gasteiger partial charge in [-0.3, -0.25) is 4.79 Å². The van der Waals surface area contributed by atoms with Crippen molar-refractivity contribution in [2.45, 2.75) is 26.5 Å². The van der Waals surface area contributed by atoms with Crippen LogP contribution in [0.2, 0.25) is 0 Å². The highest BCUT2D eigenvalue weighted by Crippen LogP contribution is 2.34. The van der Waals surface area contributed by atoms with Crippen molar-refractivity contribution in [2.75, 3.05) is 11.4 Å².